The topological polar surface area (TPSA) is 41.1 Å². The van der Waals surface area contributed by atoms with Crippen LogP contribution in [0.2, 0.25) is 0 Å². The van der Waals surface area contributed by atoms with Gasteiger partial charge in [-0.3, -0.25) is 4.90 Å². The maximum Gasteiger partial charge on any atom is 0.134 e. The molecule has 0 amide bonds. The summed E-state index contributed by atoms with van der Waals surface area (Å²) in [5.74, 6) is 0.941. The van der Waals surface area contributed by atoms with Crippen molar-refractivity contribution >= 4 is 16.5 Å². The standard InChI is InChI=1S/C15H26N4S/c1-2-9-16-15-13(17-18-20-15)11-19-10-5-8-14(19)12-6-3-4-7-12/h12,14,16H,2-11H2,1H3. The fraction of sp³-hybridized carbons (Fsp3) is 0.867. The third-order valence-corrected chi connectivity index (χ3v) is 5.53. The van der Waals surface area contributed by atoms with Crippen LogP contribution in [0.3, 0.4) is 0 Å². The van der Waals surface area contributed by atoms with Crippen LogP contribution in [0.15, 0.2) is 0 Å². The number of anilines is 1. The van der Waals surface area contributed by atoms with Crippen molar-refractivity contribution in [3.8, 4) is 0 Å². The van der Waals surface area contributed by atoms with Crippen LogP contribution in [0.4, 0.5) is 5.00 Å². The second-order valence-electron chi connectivity index (χ2n) is 6.20. The van der Waals surface area contributed by atoms with E-state index in [9.17, 15) is 0 Å². The van der Waals surface area contributed by atoms with Crippen molar-refractivity contribution in [1.29, 1.82) is 0 Å². The molecule has 1 aromatic heterocycles. The molecule has 112 valence electrons. The summed E-state index contributed by atoms with van der Waals surface area (Å²) in [5.41, 5.74) is 1.16. The third-order valence-electron chi connectivity index (χ3n) is 4.80. The molecule has 1 atom stereocenters. The quantitative estimate of drug-likeness (QED) is 0.871. The summed E-state index contributed by atoms with van der Waals surface area (Å²) in [4.78, 5) is 2.67. The molecule has 1 unspecified atom stereocenters. The number of nitrogens with zero attached hydrogens (tertiary/aromatic N) is 3. The summed E-state index contributed by atoms with van der Waals surface area (Å²) in [6.45, 7) is 5.44. The summed E-state index contributed by atoms with van der Waals surface area (Å²) in [6, 6.07) is 0.804. The fourth-order valence-corrected chi connectivity index (χ4v) is 4.40. The van der Waals surface area contributed by atoms with Crippen LogP contribution in [-0.4, -0.2) is 33.6 Å². The van der Waals surface area contributed by atoms with Gasteiger partial charge in [0.25, 0.3) is 0 Å². The van der Waals surface area contributed by atoms with E-state index in [-0.39, 0.29) is 0 Å². The van der Waals surface area contributed by atoms with E-state index in [1.165, 1.54) is 61.6 Å². The summed E-state index contributed by atoms with van der Waals surface area (Å²) < 4.78 is 4.14. The summed E-state index contributed by atoms with van der Waals surface area (Å²) >= 11 is 1.51. The normalized spacial score (nSPS) is 24.6. The number of aromatic nitrogens is 2. The summed E-state index contributed by atoms with van der Waals surface area (Å²) in [7, 11) is 0. The highest BCUT2D eigenvalue weighted by Crippen LogP contribution is 2.36. The van der Waals surface area contributed by atoms with Crippen molar-refractivity contribution < 1.29 is 0 Å². The Bertz CT molecular complexity index is 414. The second kappa shape index (κ2) is 6.85. The Morgan fingerprint density at radius 2 is 2.10 bits per heavy atom. The van der Waals surface area contributed by atoms with Crippen LogP contribution in [0.25, 0.3) is 0 Å². The summed E-state index contributed by atoms with van der Waals surface area (Å²) in [6.07, 6.45) is 9.66. The molecular formula is C15H26N4S. The first-order chi connectivity index (χ1) is 9.88. The first kappa shape index (κ1) is 14.3. The molecule has 0 radical (unpaired) electrons. The van der Waals surface area contributed by atoms with Gasteiger partial charge in [0.2, 0.25) is 0 Å². The Morgan fingerprint density at radius 1 is 1.25 bits per heavy atom. The van der Waals surface area contributed by atoms with Crippen molar-refractivity contribution in [3.05, 3.63) is 5.69 Å². The average Bonchev–Trinajstić information content (AvgIpc) is 3.18. The molecule has 2 aliphatic rings. The zero-order chi connectivity index (χ0) is 13.8. The second-order valence-corrected chi connectivity index (χ2v) is 6.95. The highest BCUT2D eigenvalue weighted by Gasteiger charge is 2.33. The van der Waals surface area contributed by atoms with E-state index in [1.807, 2.05) is 0 Å². The number of nitrogens with one attached hydrogen (secondary N) is 1. The molecule has 5 heteroatoms. The highest BCUT2D eigenvalue weighted by molar-refractivity contribution is 7.10. The lowest BCUT2D eigenvalue weighted by Gasteiger charge is -2.28. The van der Waals surface area contributed by atoms with Crippen molar-refractivity contribution in [2.45, 2.75) is 64.5 Å². The molecule has 1 N–H and O–H groups in total. The zero-order valence-corrected chi connectivity index (χ0v) is 13.3. The Balaban J connectivity index is 1.62. The molecule has 0 spiro atoms. The lowest BCUT2D eigenvalue weighted by Crippen LogP contribution is -2.34. The van der Waals surface area contributed by atoms with Crippen molar-refractivity contribution in [3.63, 3.8) is 0 Å². The van der Waals surface area contributed by atoms with E-state index in [1.54, 1.807) is 0 Å². The Hall–Kier alpha value is -0.680. The predicted octanol–water partition coefficient (Wildman–Crippen LogP) is 3.51. The molecule has 1 aliphatic heterocycles. The van der Waals surface area contributed by atoms with E-state index >= 15 is 0 Å². The van der Waals surface area contributed by atoms with Crippen LogP contribution in [0.5, 0.6) is 0 Å². The maximum atomic E-state index is 4.36. The molecule has 3 rings (SSSR count). The van der Waals surface area contributed by atoms with Gasteiger partial charge in [0.05, 0.1) is 0 Å². The molecule has 20 heavy (non-hydrogen) atoms. The molecule has 1 aromatic rings. The van der Waals surface area contributed by atoms with Crippen LogP contribution in [0, 0.1) is 5.92 Å². The van der Waals surface area contributed by atoms with E-state index < -0.39 is 0 Å². The van der Waals surface area contributed by atoms with Gasteiger partial charge in [0, 0.05) is 30.7 Å². The predicted molar refractivity (Wildman–Crippen MR) is 84.1 cm³/mol. The van der Waals surface area contributed by atoms with Gasteiger partial charge in [0.15, 0.2) is 0 Å². The molecule has 4 nitrogen and oxygen atoms in total. The highest BCUT2D eigenvalue weighted by atomic mass is 32.1. The fourth-order valence-electron chi connectivity index (χ4n) is 3.80. The lowest BCUT2D eigenvalue weighted by atomic mass is 9.96. The van der Waals surface area contributed by atoms with Crippen LogP contribution < -0.4 is 5.32 Å². The van der Waals surface area contributed by atoms with Crippen LogP contribution in [-0.2, 0) is 6.54 Å². The molecule has 0 aromatic carbocycles. The molecule has 1 aliphatic carbocycles. The monoisotopic (exact) mass is 294 g/mol. The smallest absolute Gasteiger partial charge is 0.134 e. The van der Waals surface area contributed by atoms with Gasteiger partial charge >= 0.3 is 0 Å². The Morgan fingerprint density at radius 3 is 2.90 bits per heavy atom. The molecular weight excluding hydrogens is 268 g/mol. The maximum absolute atomic E-state index is 4.36. The molecule has 1 saturated carbocycles. The van der Waals surface area contributed by atoms with Crippen LogP contribution >= 0.6 is 11.5 Å². The van der Waals surface area contributed by atoms with Crippen molar-refractivity contribution in [2.24, 2.45) is 5.92 Å². The van der Waals surface area contributed by atoms with Gasteiger partial charge in [-0.05, 0) is 44.6 Å². The van der Waals surface area contributed by atoms with Crippen molar-refractivity contribution in [2.75, 3.05) is 18.4 Å². The summed E-state index contributed by atoms with van der Waals surface area (Å²) in [5, 5.41) is 9.01. The van der Waals surface area contributed by atoms with Crippen molar-refractivity contribution in [1.82, 2.24) is 14.5 Å². The van der Waals surface area contributed by atoms with Gasteiger partial charge in [0.1, 0.15) is 10.7 Å². The Kier molecular flexibility index (Phi) is 4.89. The minimum absolute atomic E-state index is 0.804. The molecule has 2 fully saturated rings. The number of likely N-dealkylation sites (tertiary alicyclic amines) is 1. The SMILES string of the molecule is CCCNc1snnc1CN1CCCC1C1CCCC1. The van der Waals surface area contributed by atoms with Gasteiger partial charge in [-0.15, -0.1) is 5.10 Å². The van der Waals surface area contributed by atoms with Gasteiger partial charge in [-0.2, -0.15) is 0 Å². The van der Waals surface area contributed by atoms with Crippen LogP contribution in [0.1, 0.15) is 57.6 Å². The van der Waals surface area contributed by atoms with Gasteiger partial charge in [-0.1, -0.05) is 24.3 Å². The first-order valence-electron chi connectivity index (χ1n) is 8.17. The van der Waals surface area contributed by atoms with E-state index in [4.69, 9.17) is 0 Å². The van der Waals surface area contributed by atoms with Gasteiger partial charge in [-0.25, -0.2) is 0 Å². The zero-order valence-electron chi connectivity index (χ0n) is 12.5. The van der Waals surface area contributed by atoms with Gasteiger partial charge < -0.3 is 5.32 Å². The molecule has 1 saturated heterocycles. The number of hydrogen-bond donors (Lipinski definition) is 1. The number of rotatable bonds is 6. The average molecular weight is 294 g/mol. The molecule has 0 bridgehead atoms. The van der Waals surface area contributed by atoms with E-state index in [0.717, 1.165) is 37.2 Å². The number of hydrogen-bond acceptors (Lipinski definition) is 5. The van der Waals surface area contributed by atoms with E-state index in [2.05, 4.69) is 26.7 Å². The van der Waals surface area contributed by atoms with E-state index in [0.29, 0.717) is 0 Å². The first-order valence-corrected chi connectivity index (χ1v) is 8.95. The minimum atomic E-state index is 0.804. The molecule has 2 heterocycles. The minimum Gasteiger partial charge on any atom is -0.374 e. The lowest BCUT2D eigenvalue weighted by molar-refractivity contribution is 0.181. The Labute approximate surface area is 126 Å². The largest absolute Gasteiger partial charge is 0.374 e. The third kappa shape index (κ3) is 3.14.